The topological polar surface area (TPSA) is 27.7 Å². The van der Waals surface area contributed by atoms with E-state index in [1.165, 1.54) is 0 Å². The van der Waals surface area contributed by atoms with E-state index < -0.39 is 13.0 Å². The second-order valence-electron chi connectivity index (χ2n) is 2.59. The summed E-state index contributed by atoms with van der Waals surface area (Å²) in [5, 5.41) is 0. The summed E-state index contributed by atoms with van der Waals surface area (Å²) in [6.07, 6.45) is -2.27. The molecular formula is C9H18F2O3. The second kappa shape index (κ2) is 9.30. The van der Waals surface area contributed by atoms with Crippen molar-refractivity contribution in [2.45, 2.75) is 33.0 Å². The molecule has 0 fully saturated rings. The molecule has 0 amide bonds. The molecule has 0 atom stereocenters. The molecule has 0 aromatic rings. The standard InChI is InChI=1S/C9H18F2O3/c1-3-13-9(14-4-2)5-6-12-7-8(10)11/h8-9H,3-7H2,1-2H3. The summed E-state index contributed by atoms with van der Waals surface area (Å²) in [6, 6.07) is 0. The third-order valence-electron chi connectivity index (χ3n) is 1.45. The van der Waals surface area contributed by atoms with E-state index in [-0.39, 0.29) is 12.9 Å². The van der Waals surface area contributed by atoms with Crippen molar-refractivity contribution in [3.05, 3.63) is 0 Å². The Morgan fingerprint density at radius 1 is 1.07 bits per heavy atom. The van der Waals surface area contributed by atoms with Gasteiger partial charge in [-0.1, -0.05) is 0 Å². The van der Waals surface area contributed by atoms with Crippen molar-refractivity contribution in [1.82, 2.24) is 0 Å². The van der Waals surface area contributed by atoms with E-state index >= 15 is 0 Å². The van der Waals surface area contributed by atoms with Gasteiger partial charge in [0.15, 0.2) is 6.29 Å². The van der Waals surface area contributed by atoms with Crippen LogP contribution < -0.4 is 0 Å². The molecule has 0 saturated heterocycles. The van der Waals surface area contributed by atoms with Gasteiger partial charge >= 0.3 is 0 Å². The van der Waals surface area contributed by atoms with Crippen LogP contribution in [0, 0.1) is 0 Å². The molecular weight excluding hydrogens is 194 g/mol. The molecule has 0 aliphatic carbocycles. The Labute approximate surface area is 83.3 Å². The van der Waals surface area contributed by atoms with Crippen molar-refractivity contribution in [3.8, 4) is 0 Å². The molecule has 0 aromatic heterocycles. The quantitative estimate of drug-likeness (QED) is 0.432. The predicted molar refractivity (Wildman–Crippen MR) is 48.5 cm³/mol. The third-order valence-corrected chi connectivity index (χ3v) is 1.45. The van der Waals surface area contributed by atoms with E-state index in [0.29, 0.717) is 19.6 Å². The molecule has 0 saturated carbocycles. The van der Waals surface area contributed by atoms with Gasteiger partial charge in [-0.25, -0.2) is 8.78 Å². The molecule has 0 radical (unpaired) electrons. The minimum atomic E-state index is -2.41. The first-order valence-corrected chi connectivity index (χ1v) is 4.79. The van der Waals surface area contributed by atoms with E-state index in [4.69, 9.17) is 14.2 Å². The van der Waals surface area contributed by atoms with E-state index in [2.05, 4.69) is 0 Å². The van der Waals surface area contributed by atoms with Gasteiger partial charge in [0.1, 0.15) is 6.61 Å². The molecule has 0 rings (SSSR count). The van der Waals surface area contributed by atoms with Crippen LogP contribution in [-0.2, 0) is 14.2 Å². The minimum Gasteiger partial charge on any atom is -0.375 e. The van der Waals surface area contributed by atoms with E-state index in [9.17, 15) is 8.78 Å². The van der Waals surface area contributed by atoms with Gasteiger partial charge in [0, 0.05) is 19.6 Å². The van der Waals surface area contributed by atoms with Crippen molar-refractivity contribution in [3.63, 3.8) is 0 Å². The van der Waals surface area contributed by atoms with Crippen molar-refractivity contribution in [2.24, 2.45) is 0 Å². The molecule has 5 heteroatoms. The summed E-state index contributed by atoms with van der Waals surface area (Å²) in [5.74, 6) is 0. The lowest BCUT2D eigenvalue weighted by molar-refractivity contribution is -0.148. The normalized spacial score (nSPS) is 11.6. The van der Waals surface area contributed by atoms with Crippen LogP contribution in [0.5, 0.6) is 0 Å². The third kappa shape index (κ3) is 8.34. The summed E-state index contributed by atoms with van der Waals surface area (Å²) in [6.45, 7) is 4.50. The van der Waals surface area contributed by atoms with Crippen molar-refractivity contribution < 1.29 is 23.0 Å². The van der Waals surface area contributed by atoms with Crippen LogP contribution in [0.3, 0.4) is 0 Å². The zero-order chi connectivity index (χ0) is 10.8. The molecule has 0 N–H and O–H groups in total. The van der Waals surface area contributed by atoms with Gasteiger partial charge in [-0.15, -0.1) is 0 Å². The first-order valence-electron chi connectivity index (χ1n) is 4.79. The van der Waals surface area contributed by atoms with Gasteiger partial charge in [-0.2, -0.15) is 0 Å². The van der Waals surface area contributed by atoms with Crippen LogP contribution in [-0.4, -0.2) is 39.1 Å². The Morgan fingerprint density at radius 3 is 2.07 bits per heavy atom. The first kappa shape index (κ1) is 13.7. The van der Waals surface area contributed by atoms with Crippen LogP contribution in [0.1, 0.15) is 20.3 Å². The summed E-state index contributed by atoms with van der Waals surface area (Å²) in [5.41, 5.74) is 0. The Balaban J connectivity index is 3.40. The zero-order valence-corrected chi connectivity index (χ0v) is 8.67. The van der Waals surface area contributed by atoms with Gasteiger partial charge < -0.3 is 14.2 Å². The fourth-order valence-electron chi connectivity index (χ4n) is 0.939. The van der Waals surface area contributed by atoms with E-state index in [0.717, 1.165) is 0 Å². The predicted octanol–water partition coefficient (Wildman–Crippen LogP) is 2.06. The van der Waals surface area contributed by atoms with Gasteiger partial charge in [0.25, 0.3) is 6.43 Å². The highest BCUT2D eigenvalue weighted by Gasteiger charge is 2.08. The maximum atomic E-state index is 11.7. The van der Waals surface area contributed by atoms with Gasteiger partial charge in [-0.05, 0) is 13.8 Å². The molecule has 0 bridgehead atoms. The number of rotatable bonds is 9. The van der Waals surface area contributed by atoms with Crippen molar-refractivity contribution >= 4 is 0 Å². The van der Waals surface area contributed by atoms with Crippen LogP contribution >= 0.6 is 0 Å². The Kier molecular flexibility index (Phi) is 9.13. The molecule has 14 heavy (non-hydrogen) atoms. The number of hydrogen-bond donors (Lipinski definition) is 0. The maximum Gasteiger partial charge on any atom is 0.261 e. The molecule has 0 unspecified atom stereocenters. The highest BCUT2D eigenvalue weighted by atomic mass is 19.3. The fraction of sp³-hybridized carbons (Fsp3) is 1.00. The fourth-order valence-corrected chi connectivity index (χ4v) is 0.939. The Morgan fingerprint density at radius 2 is 1.64 bits per heavy atom. The number of halogens is 2. The summed E-state index contributed by atoms with van der Waals surface area (Å²) < 4.78 is 38.4. The lowest BCUT2D eigenvalue weighted by Gasteiger charge is -2.16. The van der Waals surface area contributed by atoms with Crippen LogP contribution in [0.15, 0.2) is 0 Å². The molecule has 0 aromatic carbocycles. The molecule has 0 aliphatic heterocycles. The lowest BCUT2D eigenvalue weighted by Crippen LogP contribution is -2.20. The van der Waals surface area contributed by atoms with Crippen molar-refractivity contribution in [1.29, 1.82) is 0 Å². The first-order chi connectivity index (χ1) is 6.70. The average Bonchev–Trinajstić information content (AvgIpc) is 2.12. The summed E-state index contributed by atoms with van der Waals surface area (Å²) in [7, 11) is 0. The summed E-state index contributed by atoms with van der Waals surface area (Å²) in [4.78, 5) is 0. The molecule has 0 heterocycles. The monoisotopic (exact) mass is 212 g/mol. The maximum absolute atomic E-state index is 11.7. The smallest absolute Gasteiger partial charge is 0.261 e. The molecule has 3 nitrogen and oxygen atoms in total. The summed E-state index contributed by atoms with van der Waals surface area (Å²) >= 11 is 0. The molecule has 0 spiro atoms. The van der Waals surface area contributed by atoms with Crippen LogP contribution in [0.4, 0.5) is 8.78 Å². The minimum absolute atomic E-state index is 0.231. The molecule has 86 valence electrons. The number of alkyl halides is 2. The van der Waals surface area contributed by atoms with Gasteiger partial charge in [-0.3, -0.25) is 0 Å². The zero-order valence-electron chi connectivity index (χ0n) is 8.67. The Bertz CT molecular complexity index is 117. The Hall–Kier alpha value is -0.260. The number of ether oxygens (including phenoxy) is 3. The highest BCUT2D eigenvalue weighted by molar-refractivity contribution is 4.45. The van der Waals surface area contributed by atoms with Gasteiger partial charge in [0.05, 0.1) is 6.61 Å². The van der Waals surface area contributed by atoms with Gasteiger partial charge in [0.2, 0.25) is 0 Å². The van der Waals surface area contributed by atoms with Crippen molar-refractivity contribution in [2.75, 3.05) is 26.4 Å². The average molecular weight is 212 g/mol. The lowest BCUT2D eigenvalue weighted by atomic mass is 10.4. The van der Waals surface area contributed by atoms with E-state index in [1.807, 2.05) is 13.8 Å². The second-order valence-corrected chi connectivity index (χ2v) is 2.59. The number of hydrogen-bond acceptors (Lipinski definition) is 3. The SMILES string of the molecule is CCOC(CCOCC(F)F)OCC. The van der Waals surface area contributed by atoms with Crippen LogP contribution in [0.2, 0.25) is 0 Å². The van der Waals surface area contributed by atoms with E-state index in [1.54, 1.807) is 0 Å². The molecule has 0 aliphatic rings. The largest absolute Gasteiger partial charge is 0.375 e. The highest BCUT2D eigenvalue weighted by Crippen LogP contribution is 2.02. The van der Waals surface area contributed by atoms with Crippen LogP contribution in [0.25, 0.3) is 0 Å².